The second-order valence-corrected chi connectivity index (χ2v) is 11.8. The first-order valence-electron chi connectivity index (χ1n) is 13.9. The first-order chi connectivity index (χ1) is 19.1. The third kappa shape index (κ3) is 2.73. The zero-order chi connectivity index (χ0) is 25.9. The molecule has 0 saturated heterocycles. The third-order valence-electron chi connectivity index (χ3n) is 9.38. The lowest BCUT2D eigenvalue weighted by molar-refractivity contribution is 0.661. The van der Waals surface area contributed by atoms with Gasteiger partial charge in [0.05, 0.1) is 0 Å². The Balaban J connectivity index is 1.32. The number of hydrogen-bond donors (Lipinski definition) is 0. The van der Waals surface area contributed by atoms with Gasteiger partial charge in [0.1, 0.15) is 0 Å². The summed E-state index contributed by atoms with van der Waals surface area (Å²) in [6.45, 7) is 4.73. The Bertz CT molecular complexity index is 2280. The van der Waals surface area contributed by atoms with Crippen LogP contribution in [0.1, 0.15) is 25.0 Å². The predicted molar refractivity (Wildman–Crippen MR) is 168 cm³/mol. The number of benzene rings is 8. The van der Waals surface area contributed by atoms with Gasteiger partial charge >= 0.3 is 0 Å². The third-order valence-corrected chi connectivity index (χ3v) is 9.38. The minimum Gasteiger partial charge on any atom is -0.0619 e. The molecule has 0 saturated carbocycles. The molecule has 0 atom stereocenters. The molecule has 0 aromatic heterocycles. The van der Waals surface area contributed by atoms with E-state index in [0.29, 0.717) is 0 Å². The SMILES string of the molecule is CC1(C)c2ccccc2-c2cc3ccc4ccc(-c5ccc6ccc7cccc8ccc5c6c78)cc4c3cc21. The Kier molecular flexibility index (Phi) is 3.95. The van der Waals surface area contributed by atoms with E-state index < -0.39 is 0 Å². The van der Waals surface area contributed by atoms with Crippen molar-refractivity contribution in [2.45, 2.75) is 19.3 Å². The molecule has 0 radical (unpaired) electrons. The highest BCUT2D eigenvalue weighted by molar-refractivity contribution is 6.25. The van der Waals surface area contributed by atoms with Gasteiger partial charge in [-0.05, 0) is 105 Å². The lowest BCUT2D eigenvalue weighted by atomic mass is 9.81. The Morgan fingerprint density at radius 3 is 1.92 bits per heavy atom. The standard InChI is InChI=1S/C39H26/c1-39(2)35-9-4-3-8-30(35)34-21-28-15-11-23-10-14-27(20-32(23)33(28)22-36(34)39)29-18-16-26-13-12-24-6-5-7-25-17-19-31(29)38(26)37(24)25/h3-22H,1-2H3. The highest BCUT2D eigenvalue weighted by atomic mass is 14.4. The molecule has 0 amide bonds. The molecule has 8 aromatic carbocycles. The second-order valence-electron chi connectivity index (χ2n) is 11.8. The van der Waals surface area contributed by atoms with Gasteiger partial charge in [0.2, 0.25) is 0 Å². The molecule has 182 valence electrons. The van der Waals surface area contributed by atoms with E-state index in [2.05, 4.69) is 135 Å². The zero-order valence-electron chi connectivity index (χ0n) is 22.0. The molecule has 9 rings (SSSR count). The summed E-state index contributed by atoms with van der Waals surface area (Å²) in [6.07, 6.45) is 0. The van der Waals surface area contributed by atoms with Crippen molar-refractivity contribution in [3.05, 3.63) is 132 Å². The maximum absolute atomic E-state index is 2.47. The second kappa shape index (κ2) is 7.24. The van der Waals surface area contributed by atoms with Gasteiger partial charge in [-0.25, -0.2) is 0 Å². The minimum absolute atomic E-state index is 0.00797. The Hall–Kier alpha value is -4.68. The topological polar surface area (TPSA) is 0 Å². The van der Waals surface area contributed by atoms with Crippen LogP contribution in [0.3, 0.4) is 0 Å². The Morgan fingerprint density at radius 1 is 0.385 bits per heavy atom. The van der Waals surface area contributed by atoms with Crippen molar-refractivity contribution in [1.29, 1.82) is 0 Å². The van der Waals surface area contributed by atoms with Crippen LogP contribution < -0.4 is 0 Å². The van der Waals surface area contributed by atoms with E-state index in [1.165, 1.54) is 87.2 Å². The van der Waals surface area contributed by atoms with Crippen molar-refractivity contribution in [3.8, 4) is 22.3 Å². The molecule has 8 aromatic rings. The van der Waals surface area contributed by atoms with E-state index in [9.17, 15) is 0 Å². The molecule has 0 fully saturated rings. The zero-order valence-corrected chi connectivity index (χ0v) is 22.0. The van der Waals surface area contributed by atoms with Crippen molar-refractivity contribution < 1.29 is 0 Å². The normalized spacial score (nSPS) is 14.1. The van der Waals surface area contributed by atoms with Gasteiger partial charge in [0.25, 0.3) is 0 Å². The van der Waals surface area contributed by atoms with Crippen molar-refractivity contribution in [1.82, 2.24) is 0 Å². The highest BCUT2D eigenvalue weighted by Crippen LogP contribution is 2.50. The van der Waals surface area contributed by atoms with Gasteiger partial charge in [-0.15, -0.1) is 0 Å². The van der Waals surface area contributed by atoms with Gasteiger partial charge in [0.15, 0.2) is 0 Å². The van der Waals surface area contributed by atoms with Crippen LogP contribution in [0.4, 0.5) is 0 Å². The first-order valence-corrected chi connectivity index (χ1v) is 13.9. The van der Waals surface area contributed by atoms with E-state index >= 15 is 0 Å². The van der Waals surface area contributed by atoms with Crippen LogP contribution in [-0.4, -0.2) is 0 Å². The van der Waals surface area contributed by atoms with Crippen molar-refractivity contribution in [2.24, 2.45) is 0 Å². The first kappa shape index (κ1) is 21.3. The van der Waals surface area contributed by atoms with Crippen LogP contribution in [0.2, 0.25) is 0 Å². The molecule has 0 aliphatic heterocycles. The van der Waals surface area contributed by atoms with Crippen molar-refractivity contribution in [2.75, 3.05) is 0 Å². The van der Waals surface area contributed by atoms with Crippen LogP contribution in [0, 0.1) is 0 Å². The molecule has 39 heavy (non-hydrogen) atoms. The van der Waals surface area contributed by atoms with Gasteiger partial charge < -0.3 is 0 Å². The monoisotopic (exact) mass is 494 g/mol. The van der Waals surface area contributed by atoms with Gasteiger partial charge in [-0.2, -0.15) is 0 Å². The predicted octanol–water partition coefficient (Wildman–Crippen LogP) is 10.9. The van der Waals surface area contributed by atoms with Crippen molar-refractivity contribution in [3.63, 3.8) is 0 Å². The molecule has 0 nitrogen and oxygen atoms in total. The van der Waals surface area contributed by atoms with Crippen LogP contribution >= 0.6 is 0 Å². The summed E-state index contributed by atoms with van der Waals surface area (Å²) in [5.74, 6) is 0. The summed E-state index contributed by atoms with van der Waals surface area (Å²) >= 11 is 0. The van der Waals surface area contributed by atoms with E-state index in [1.807, 2.05) is 0 Å². The lowest BCUT2D eigenvalue weighted by Crippen LogP contribution is -2.14. The molecule has 0 heteroatoms. The fourth-order valence-corrected chi connectivity index (χ4v) is 7.40. The largest absolute Gasteiger partial charge is 0.0619 e. The van der Waals surface area contributed by atoms with Gasteiger partial charge in [-0.3, -0.25) is 0 Å². The molecule has 0 N–H and O–H groups in total. The Morgan fingerprint density at radius 2 is 1.05 bits per heavy atom. The van der Waals surface area contributed by atoms with Gasteiger partial charge in [-0.1, -0.05) is 117 Å². The summed E-state index contributed by atoms with van der Waals surface area (Å²) in [6, 6.07) is 45.7. The molecule has 0 heterocycles. The summed E-state index contributed by atoms with van der Waals surface area (Å²) in [5.41, 5.74) is 8.17. The van der Waals surface area contributed by atoms with Crippen LogP contribution in [-0.2, 0) is 5.41 Å². The maximum atomic E-state index is 2.47. The smallest absolute Gasteiger partial charge is 0.0159 e. The highest BCUT2D eigenvalue weighted by Gasteiger charge is 2.35. The molecule has 1 aliphatic carbocycles. The fourth-order valence-electron chi connectivity index (χ4n) is 7.40. The van der Waals surface area contributed by atoms with Crippen LogP contribution in [0.15, 0.2) is 121 Å². The van der Waals surface area contributed by atoms with Crippen molar-refractivity contribution >= 4 is 53.9 Å². The lowest BCUT2D eigenvalue weighted by Gasteiger charge is -2.22. The molecular weight excluding hydrogens is 468 g/mol. The van der Waals surface area contributed by atoms with E-state index in [4.69, 9.17) is 0 Å². The Labute approximate surface area is 227 Å². The average Bonchev–Trinajstić information content (AvgIpc) is 3.20. The van der Waals surface area contributed by atoms with Crippen LogP contribution in [0.5, 0.6) is 0 Å². The van der Waals surface area contributed by atoms with E-state index in [-0.39, 0.29) is 5.41 Å². The summed E-state index contributed by atoms with van der Waals surface area (Å²) in [5, 5.41) is 13.3. The van der Waals surface area contributed by atoms with Crippen LogP contribution in [0.25, 0.3) is 76.1 Å². The fraction of sp³-hybridized carbons (Fsp3) is 0.0769. The summed E-state index contributed by atoms with van der Waals surface area (Å²) < 4.78 is 0. The molecule has 0 unspecified atom stereocenters. The number of fused-ring (bicyclic) bond motifs is 6. The molecule has 0 spiro atoms. The quantitative estimate of drug-likeness (QED) is 0.199. The van der Waals surface area contributed by atoms with E-state index in [1.54, 1.807) is 0 Å². The molecule has 0 bridgehead atoms. The summed E-state index contributed by atoms with van der Waals surface area (Å²) in [4.78, 5) is 0. The summed E-state index contributed by atoms with van der Waals surface area (Å²) in [7, 11) is 0. The molecular formula is C39H26. The minimum atomic E-state index is -0.00797. The average molecular weight is 495 g/mol. The maximum Gasteiger partial charge on any atom is 0.0159 e. The van der Waals surface area contributed by atoms with Gasteiger partial charge in [0, 0.05) is 5.41 Å². The number of rotatable bonds is 1. The number of hydrogen-bond acceptors (Lipinski definition) is 0. The molecule has 1 aliphatic rings. The van der Waals surface area contributed by atoms with E-state index in [0.717, 1.165) is 0 Å².